The summed E-state index contributed by atoms with van der Waals surface area (Å²) in [6.07, 6.45) is 1.96. The summed E-state index contributed by atoms with van der Waals surface area (Å²) in [7, 11) is 3.24. The zero-order chi connectivity index (χ0) is 13.1. The Kier molecular flexibility index (Phi) is 3.55. The fourth-order valence-electron chi connectivity index (χ4n) is 2.06. The predicted octanol–water partition coefficient (Wildman–Crippen LogP) is 2.79. The summed E-state index contributed by atoms with van der Waals surface area (Å²) < 4.78 is 10.6. The lowest BCUT2D eigenvalue weighted by Crippen LogP contribution is -1.98. The number of aryl methyl sites for hydroxylation is 1. The van der Waals surface area contributed by atoms with E-state index >= 15 is 0 Å². The second-order valence-corrected chi connectivity index (χ2v) is 4.18. The Labute approximate surface area is 107 Å². The van der Waals surface area contributed by atoms with Crippen LogP contribution < -0.4 is 15.2 Å². The Morgan fingerprint density at radius 1 is 1.17 bits per heavy atom. The van der Waals surface area contributed by atoms with Crippen molar-refractivity contribution < 1.29 is 9.47 Å². The molecule has 2 aromatic rings. The van der Waals surface area contributed by atoms with Crippen LogP contribution in [0, 0.1) is 0 Å². The van der Waals surface area contributed by atoms with Crippen molar-refractivity contribution in [3.8, 4) is 11.5 Å². The number of aromatic nitrogens is 1. The summed E-state index contributed by atoms with van der Waals surface area (Å²) in [6.45, 7) is 2.12. The summed E-state index contributed by atoms with van der Waals surface area (Å²) in [4.78, 5) is 4.60. The molecule has 0 amide bonds. The Morgan fingerprint density at radius 2 is 1.94 bits per heavy atom. The van der Waals surface area contributed by atoms with E-state index in [0.29, 0.717) is 11.4 Å². The van der Waals surface area contributed by atoms with Crippen molar-refractivity contribution in [1.29, 1.82) is 0 Å². The third-order valence-corrected chi connectivity index (χ3v) is 2.89. The molecule has 18 heavy (non-hydrogen) atoms. The molecule has 0 fully saturated rings. The van der Waals surface area contributed by atoms with Crippen LogP contribution in [0.2, 0.25) is 0 Å². The van der Waals surface area contributed by atoms with Crippen molar-refractivity contribution in [3.63, 3.8) is 0 Å². The fraction of sp³-hybridized carbons (Fsp3) is 0.357. The molecule has 0 aliphatic rings. The third kappa shape index (κ3) is 2.18. The smallest absolute Gasteiger partial charge is 0.134 e. The number of nitrogen functional groups attached to an aromatic ring is 1. The molecule has 0 unspecified atom stereocenters. The Balaban J connectivity index is 2.70. The number of benzene rings is 1. The van der Waals surface area contributed by atoms with Gasteiger partial charge in [0, 0.05) is 23.5 Å². The van der Waals surface area contributed by atoms with Gasteiger partial charge in [-0.3, -0.25) is 4.98 Å². The molecule has 0 saturated carbocycles. The quantitative estimate of drug-likeness (QED) is 0.901. The number of hydrogen-bond donors (Lipinski definition) is 1. The van der Waals surface area contributed by atoms with Gasteiger partial charge < -0.3 is 15.2 Å². The molecule has 4 nitrogen and oxygen atoms in total. The molecule has 0 aliphatic heterocycles. The van der Waals surface area contributed by atoms with E-state index in [1.165, 1.54) is 0 Å². The number of nitrogens with two attached hydrogens (primary N) is 1. The monoisotopic (exact) mass is 246 g/mol. The van der Waals surface area contributed by atoms with Crippen molar-refractivity contribution >= 4 is 16.6 Å². The van der Waals surface area contributed by atoms with E-state index in [4.69, 9.17) is 15.2 Å². The molecular weight excluding hydrogens is 228 g/mol. The maximum absolute atomic E-state index is 6.09. The first-order valence-corrected chi connectivity index (χ1v) is 6.00. The van der Waals surface area contributed by atoms with Crippen LogP contribution in [0.4, 0.5) is 5.69 Å². The van der Waals surface area contributed by atoms with Gasteiger partial charge in [0.1, 0.15) is 11.5 Å². The van der Waals surface area contributed by atoms with Crippen molar-refractivity contribution in [2.45, 2.75) is 19.8 Å². The van der Waals surface area contributed by atoms with Gasteiger partial charge in [0.2, 0.25) is 0 Å². The molecule has 4 heteroatoms. The molecule has 0 bridgehead atoms. The van der Waals surface area contributed by atoms with Gasteiger partial charge in [0.25, 0.3) is 0 Å². The summed E-state index contributed by atoms with van der Waals surface area (Å²) in [5, 5.41) is 0.846. The molecule has 1 aromatic carbocycles. The number of anilines is 1. The molecular formula is C14H18N2O2. The highest BCUT2D eigenvalue weighted by molar-refractivity contribution is 5.96. The lowest BCUT2D eigenvalue weighted by molar-refractivity contribution is 0.398. The van der Waals surface area contributed by atoms with Gasteiger partial charge in [-0.25, -0.2) is 0 Å². The zero-order valence-electron chi connectivity index (χ0n) is 11.0. The van der Waals surface area contributed by atoms with Gasteiger partial charge in [-0.2, -0.15) is 0 Å². The minimum atomic E-state index is 0.692. The first-order valence-electron chi connectivity index (χ1n) is 6.00. The number of ether oxygens (including phenoxy) is 2. The van der Waals surface area contributed by atoms with Gasteiger partial charge >= 0.3 is 0 Å². The average Bonchev–Trinajstić information content (AvgIpc) is 2.37. The number of hydrogen-bond acceptors (Lipinski definition) is 4. The number of fused-ring (bicyclic) bond motifs is 1. The Morgan fingerprint density at radius 3 is 2.56 bits per heavy atom. The zero-order valence-corrected chi connectivity index (χ0v) is 11.0. The second kappa shape index (κ2) is 5.12. The third-order valence-electron chi connectivity index (χ3n) is 2.89. The predicted molar refractivity (Wildman–Crippen MR) is 73.3 cm³/mol. The van der Waals surface area contributed by atoms with E-state index in [-0.39, 0.29) is 0 Å². The second-order valence-electron chi connectivity index (χ2n) is 4.18. The van der Waals surface area contributed by atoms with E-state index in [1.54, 1.807) is 14.2 Å². The number of methoxy groups -OCH3 is 2. The van der Waals surface area contributed by atoms with E-state index in [1.807, 2.05) is 18.2 Å². The largest absolute Gasteiger partial charge is 0.497 e. The Hall–Kier alpha value is -1.97. The van der Waals surface area contributed by atoms with Crippen LogP contribution in [-0.4, -0.2) is 19.2 Å². The lowest BCUT2D eigenvalue weighted by Gasteiger charge is -2.11. The van der Waals surface area contributed by atoms with Crippen LogP contribution in [0.5, 0.6) is 11.5 Å². The van der Waals surface area contributed by atoms with E-state index in [2.05, 4.69) is 11.9 Å². The van der Waals surface area contributed by atoms with Crippen molar-refractivity contribution in [1.82, 2.24) is 4.98 Å². The van der Waals surface area contributed by atoms with Gasteiger partial charge in [0.15, 0.2) is 0 Å². The van der Waals surface area contributed by atoms with E-state index in [9.17, 15) is 0 Å². The summed E-state index contributed by atoms with van der Waals surface area (Å²) >= 11 is 0. The van der Waals surface area contributed by atoms with Crippen LogP contribution in [0.15, 0.2) is 18.2 Å². The minimum Gasteiger partial charge on any atom is -0.497 e. The van der Waals surface area contributed by atoms with Crippen LogP contribution in [0.25, 0.3) is 10.9 Å². The standard InChI is InChI=1S/C14H18N2O2/c1-4-5-9-6-11(15)14-12(16-9)7-10(17-2)8-13(14)18-3/h6-8H,4-5H2,1-3H3,(H2,15,16). The van der Waals surface area contributed by atoms with Crippen LogP contribution in [0.3, 0.4) is 0 Å². The van der Waals surface area contributed by atoms with Gasteiger partial charge in [-0.15, -0.1) is 0 Å². The first kappa shape index (κ1) is 12.5. The molecule has 1 heterocycles. The maximum Gasteiger partial charge on any atom is 0.134 e. The van der Waals surface area contributed by atoms with Gasteiger partial charge in [-0.05, 0) is 12.5 Å². The lowest BCUT2D eigenvalue weighted by atomic mass is 10.1. The molecule has 96 valence electrons. The molecule has 0 spiro atoms. The molecule has 1 aromatic heterocycles. The minimum absolute atomic E-state index is 0.692. The van der Waals surface area contributed by atoms with Crippen LogP contribution >= 0.6 is 0 Å². The molecule has 0 atom stereocenters. The molecule has 2 rings (SSSR count). The van der Waals surface area contributed by atoms with Gasteiger partial charge in [0.05, 0.1) is 25.1 Å². The van der Waals surface area contributed by atoms with Crippen molar-refractivity contribution in [2.75, 3.05) is 20.0 Å². The van der Waals surface area contributed by atoms with Crippen molar-refractivity contribution in [2.24, 2.45) is 0 Å². The maximum atomic E-state index is 6.09. The Bertz CT molecular complexity index is 567. The van der Waals surface area contributed by atoms with Crippen LogP contribution in [0.1, 0.15) is 19.0 Å². The summed E-state index contributed by atoms with van der Waals surface area (Å²) in [5.74, 6) is 1.41. The first-order chi connectivity index (χ1) is 8.69. The molecule has 2 N–H and O–H groups in total. The van der Waals surface area contributed by atoms with Crippen molar-refractivity contribution in [3.05, 3.63) is 23.9 Å². The highest BCUT2D eigenvalue weighted by Crippen LogP contribution is 2.34. The topological polar surface area (TPSA) is 57.4 Å². The van der Waals surface area contributed by atoms with E-state index in [0.717, 1.165) is 35.2 Å². The molecule has 0 saturated heterocycles. The SMILES string of the molecule is CCCc1cc(N)c2c(OC)cc(OC)cc2n1. The molecule has 0 radical (unpaired) electrons. The summed E-state index contributed by atoms with van der Waals surface area (Å²) in [5.41, 5.74) is 8.60. The number of rotatable bonds is 4. The van der Waals surface area contributed by atoms with Gasteiger partial charge in [-0.1, -0.05) is 13.3 Å². The summed E-state index contributed by atoms with van der Waals surface area (Å²) in [6, 6.07) is 5.62. The van der Waals surface area contributed by atoms with Crippen LogP contribution in [-0.2, 0) is 6.42 Å². The number of nitrogens with zero attached hydrogens (tertiary/aromatic N) is 1. The highest BCUT2D eigenvalue weighted by Gasteiger charge is 2.11. The molecule has 0 aliphatic carbocycles. The normalized spacial score (nSPS) is 10.6. The fourth-order valence-corrected chi connectivity index (χ4v) is 2.06. The highest BCUT2D eigenvalue weighted by atomic mass is 16.5. The number of pyridine rings is 1. The van der Waals surface area contributed by atoms with E-state index < -0.39 is 0 Å². The average molecular weight is 246 g/mol.